The third-order valence-corrected chi connectivity index (χ3v) is 5.32. The lowest BCUT2D eigenvalue weighted by atomic mass is 9.94. The van der Waals surface area contributed by atoms with Gasteiger partial charge in [0.1, 0.15) is 18.5 Å². The highest BCUT2D eigenvalue weighted by atomic mass is 35.5. The Hall–Kier alpha value is -1.86. The van der Waals surface area contributed by atoms with E-state index in [0.29, 0.717) is 23.8 Å². The summed E-state index contributed by atoms with van der Waals surface area (Å²) < 4.78 is 22.2. The van der Waals surface area contributed by atoms with E-state index in [1.54, 1.807) is 37.5 Å². The van der Waals surface area contributed by atoms with E-state index in [9.17, 15) is 9.90 Å². The van der Waals surface area contributed by atoms with E-state index in [2.05, 4.69) is 12.2 Å². The highest BCUT2D eigenvalue weighted by molar-refractivity contribution is 6.30. The Labute approximate surface area is 196 Å². The number of aliphatic hydroxyl groups is 1. The number of allylic oxidation sites excluding steroid dienone is 2. The lowest BCUT2D eigenvalue weighted by molar-refractivity contribution is -0.147. The lowest BCUT2D eigenvalue weighted by Gasteiger charge is -2.18. The summed E-state index contributed by atoms with van der Waals surface area (Å²) in [5, 5.41) is 10.8. The van der Waals surface area contributed by atoms with E-state index in [0.717, 1.165) is 19.3 Å². The number of methoxy groups -OCH3 is 1. The number of unbranched alkanes of at least 4 members (excludes halogenated alkanes) is 1. The summed E-state index contributed by atoms with van der Waals surface area (Å²) in [5.74, 6) is 0.613. The summed E-state index contributed by atoms with van der Waals surface area (Å²) in [7, 11) is 1.69. The lowest BCUT2D eigenvalue weighted by Crippen LogP contribution is -2.24. The highest BCUT2D eigenvalue weighted by Gasteiger charge is 2.35. The topological polar surface area (TPSA) is 74.2 Å². The van der Waals surface area contributed by atoms with Crippen molar-refractivity contribution >= 4 is 17.6 Å². The minimum absolute atomic E-state index is 0.00447. The number of carbonyl (C=O) groups excluding carboxylic acids is 1. The molecule has 178 valence electrons. The van der Waals surface area contributed by atoms with Crippen LogP contribution in [0.2, 0.25) is 5.02 Å². The largest absolute Gasteiger partial charge is 0.491 e. The Kier molecular flexibility index (Phi) is 11.8. The fraction of sp³-hybridized carbons (Fsp3) is 0.560. The monoisotopic (exact) mass is 466 g/mol. The third-order valence-electron chi connectivity index (χ3n) is 5.09. The first kappa shape index (κ1) is 26.4. The molecule has 0 bridgehead atoms. The van der Waals surface area contributed by atoms with Crippen LogP contribution >= 0.6 is 11.6 Å². The van der Waals surface area contributed by atoms with Gasteiger partial charge in [-0.1, -0.05) is 42.0 Å². The molecule has 1 heterocycles. The van der Waals surface area contributed by atoms with Crippen molar-refractivity contribution in [3.8, 4) is 5.75 Å². The van der Waals surface area contributed by atoms with Gasteiger partial charge in [0.2, 0.25) is 0 Å². The zero-order valence-corrected chi connectivity index (χ0v) is 19.9. The summed E-state index contributed by atoms with van der Waals surface area (Å²) in [5.41, 5.74) is 0. The standard InChI is InChI=1S/C25H35ClO6/c1-18(2)32-25(28)12-7-5-4-6-11-22-23(31-17-24(22)29-3)14-13-20(27)16-30-21-10-8-9-19(26)15-21/h4,6,8-10,13-15,18,20,22-24,27H,5,7,11-12,16-17H2,1-3H3/t20?,22-,23-,24?/m1/s1. The van der Waals surface area contributed by atoms with Gasteiger partial charge in [-0.3, -0.25) is 4.79 Å². The second-order valence-corrected chi connectivity index (χ2v) is 8.53. The van der Waals surface area contributed by atoms with Gasteiger partial charge in [0.15, 0.2) is 0 Å². The van der Waals surface area contributed by atoms with Crippen molar-refractivity contribution in [3.05, 3.63) is 53.6 Å². The van der Waals surface area contributed by atoms with Crippen molar-refractivity contribution in [2.75, 3.05) is 20.3 Å². The zero-order chi connectivity index (χ0) is 23.3. The Morgan fingerprint density at radius 3 is 2.88 bits per heavy atom. The number of benzene rings is 1. The van der Waals surface area contributed by atoms with Crippen LogP contribution in [0.5, 0.6) is 5.75 Å². The van der Waals surface area contributed by atoms with Gasteiger partial charge >= 0.3 is 5.97 Å². The minimum atomic E-state index is -0.763. The van der Waals surface area contributed by atoms with E-state index in [1.165, 1.54) is 0 Å². The van der Waals surface area contributed by atoms with E-state index in [1.807, 2.05) is 19.9 Å². The van der Waals surface area contributed by atoms with Crippen molar-refractivity contribution in [1.29, 1.82) is 0 Å². The van der Waals surface area contributed by atoms with Crippen LogP contribution in [0.25, 0.3) is 0 Å². The molecule has 2 unspecified atom stereocenters. The summed E-state index contributed by atoms with van der Waals surface area (Å²) in [6, 6.07) is 7.06. The summed E-state index contributed by atoms with van der Waals surface area (Å²) in [6.45, 7) is 4.34. The van der Waals surface area contributed by atoms with Crippen LogP contribution in [-0.2, 0) is 19.0 Å². The fourth-order valence-electron chi connectivity index (χ4n) is 3.48. The van der Waals surface area contributed by atoms with Gasteiger partial charge in [0, 0.05) is 24.5 Å². The number of hydrogen-bond acceptors (Lipinski definition) is 6. The van der Waals surface area contributed by atoms with Crippen LogP contribution in [0.1, 0.15) is 39.5 Å². The molecule has 6 nitrogen and oxygen atoms in total. The number of esters is 1. The molecule has 1 aromatic carbocycles. The smallest absolute Gasteiger partial charge is 0.306 e. The zero-order valence-electron chi connectivity index (χ0n) is 19.1. The number of ether oxygens (including phenoxy) is 4. The molecule has 1 fully saturated rings. The predicted molar refractivity (Wildman–Crippen MR) is 125 cm³/mol. The minimum Gasteiger partial charge on any atom is -0.491 e. The molecule has 0 radical (unpaired) electrons. The molecule has 0 amide bonds. The summed E-state index contributed by atoms with van der Waals surface area (Å²) >= 11 is 5.94. The number of aliphatic hydroxyl groups excluding tert-OH is 1. The van der Waals surface area contributed by atoms with Gasteiger partial charge in [0.25, 0.3) is 0 Å². The van der Waals surface area contributed by atoms with Crippen molar-refractivity contribution in [3.63, 3.8) is 0 Å². The van der Waals surface area contributed by atoms with Crippen molar-refractivity contribution in [2.24, 2.45) is 5.92 Å². The van der Waals surface area contributed by atoms with Crippen LogP contribution in [0, 0.1) is 5.92 Å². The number of rotatable bonds is 13. The van der Waals surface area contributed by atoms with Crippen molar-refractivity contribution in [1.82, 2.24) is 0 Å². The van der Waals surface area contributed by atoms with E-state index in [4.69, 9.17) is 30.5 Å². The second kappa shape index (κ2) is 14.3. The first-order valence-corrected chi connectivity index (χ1v) is 11.5. The van der Waals surface area contributed by atoms with E-state index >= 15 is 0 Å². The van der Waals surface area contributed by atoms with Gasteiger partial charge in [-0.15, -0.1) is 0 Å². The number of hydrogen-bond donors (Lipinski definition) is 1. The fourth-order valence-corrected chi connectivity index (χ4v) is 3.66. The number of halogens is 1. The molecule has 4 atom stereocenters. The number of carbonyl (C=O) groups is 1. The van der Waals surface area contributed by atoms with Gasteiger partial charge in [0.05, 0.1) is 24.9 Å². The third kappa shape index (κ3) is 9.74. The van der Waals surface area contributed by atoms with Crippen molar-refractivity contribution in [2.45, 2.75) is 63.9 Å². The van der Waals surface area contributed by atoms with Gasteiger partial charge in [-0.2, -0.15) is 0 Å². The first-order valence-electron chi connectivity index (χ1n) is 11.1. The highest BCUT2D eigenvalue weighted by Crippen LogP contribution is 2.28. The molecule has 0 saturated carbocycles. The maximum absolute atomic E-state index is 11.6. The Morgan fingerprint density at radius 2 is 2.16 bits per heavy atom. The quantitative estimate of drug-likeness (QED) is 0.257. The van der Waals surface area contributed by atoms with Crippen LogP contribution in [-0.4, -0.2) is 55.8 Å². The SMILES string of the molecule is COC1CO[C@H](C=CC(O)COc2cccc(Cl)c2)[C@H]1CC=CCCCC(=O)OC(C)C. The summed E-state index contributed by atoms with van der Waals surface area (Å²) in [6.07, 6.45) is 9.59. The molecule has 0 aromatic heterocycles. The predicted octanol–water partition coefficient (Wildman–Crippen LogP) is 4.73. The molecule has 1 aliphatic rings. The molecule has 0 spiro atoms. The Morgan fingerprint density at radius 1 is 1.34 bits per heavy atom. The molecule has 2 rings (SSSR count). The summed E-state index contributed by atoms with van der Waals surface area (Å²) in [4.78, 5) is 11.6. The Balaban J connectivity index is 1.77. The molecular weight excluding hydrogens is 432 g/mol. The maximum atomic E-state index is 11.6. The van der Waals surface area contributed by atoms with Crippen molar-refractivity contribution < 1.29 is 28.8 Å². The first-order chi connectivity index (χ1) is 15.4. The van der Waals surface area contributed by atoms with Crippen LogP contribution < -0.4 is 4.74 Å². The maximum Gasteiger partial charge on any atom is 0.306 e. The normalized spacial score (nSPS) is 22.1. The second-order valence-electron chi connectivity index (χ2n) is 8.09. The molecule has 1 aliphatic heterocycles. The molecule has 1 aromatic rings. The molecular formula is C25H35ClO6. The molecule has 1 N–H and O–H groups in total. The average Bonchev–Trinajstić information content (AvgIpc) is 3.14. The van der Waals surface area contributed by atoms with Crippen LogP contribution in [0.3, 0.4) is 0 Å². The van der Waals surface area contributed by atoms with E-state index < -0.39 is 6.10 Å². The molecule has 7 heteroatoms. The average molecular weight is 467 g/mol. The molecule has 32 heavy (non-hydrogen) atoms. The molecule has 0 aliphatic carbocycles. The van der Waals surface area contributed by atoms with Gasteiger partial charge in [-0.05, 0) is 51.3 Å². The van der Waals surface area contributed by atoms with Gasteiger partial charge in [-0.25, -0.2) is 0 Å². The van der Waals surface area contributed by atoms with Crippen LogP contribution in [0.4, 0.5) is 0 Å². The van der Waals surface area contributed by atoms with Crippen LogP contribution in [0.15, 0.2) is 48.6 Å². The van der Waals surface area contributed by atoms with E-state index in [-0.39, 0.29) is 36.8 Å². The Bertz CT molecular complexity index is 748. The molecule has 1 saturated heterocycles. The van der Waals surface area contributed by atoms with Gasteiger partial charge < -0.3 is 24.1 Å².